The molecule has 2 aliphatic rings. The molecule has 0 fully saturated rings. The van der Waals surface area contributed by atoms with Gasteiger partial charge in [-0.3, -0.25) is 0 Å². The van der Waals surface area contributed by atoms with Gasteiger partial charge in [0.25, 0.3) is 0 Å². The van der Waals surface area contributed by atoms with Crippen LogP contribution in [0.4, 0.5) is 0 Å². The van der Waals surface area contributed by atoms with E-state index in [1.807, 2.05) is 0 Å². The Morgan fingerprint density at radius 2 is 1.29 bits per heavy atom. The SMILES string of the molecule is C1=CC[C]([Zr][C]2=CC=CC2)=C1.Cl.Cl.[Zr]. The summed E-state index contributed by atoms with van der Waals surface area (Å²) in [5.41, 5.74) is 0. The van der Waals surface area contributed by atoms with Gasteiger partial charge >= 0.3 is 79.1 Å². The second-order valence-electron chi connectivity index (χ2n) is 2.77. The second kappa shape index (κ2) is 9.53. The maximum atomic E-state index is 2.31. The van der Waals surface area contributed by atoms with Crippen LogP contribution in [0.15, 0.2) is 43.0 Å². The molecular weight excluding hydrogens is 373 g/mol. The molecule has 0 saturated carbocycles. The Bertz CT molecular complexity index is 250. The first-order valence-electron chi connectivity index (χ1n) is 3.93. The number of hydrogen-bond donors (Lipinski definition) is 0. The predicted octanol–water partition coefficient (Wildman–Crippen LogP) is 3.60. The minimum Gasteiger partial charge on any atom is -0.147 e. The molecule has 0 heterocycles. The zero-order valence-electron chi connectivity index (χ0n) is 7.69. The Morgan fingerprint density at radius 3 is 1.57 bits per heavy atom. The van der Waals surface area contributed by atoms with E-state index in [0.29, 0.717) is 0 Å². The van der Waals surface area contributed by atoms with Crippen LogP contribution in [0.1, 0.15) is 12.8 Å². The molecule has 0 saturated heterocycles. The van der Waals surface area contributed by atoms with Crippen molar-refractivity contribution in [3.63, 3.8) is 0 Å². The van der Waals surface area contributed by atoms with Crippen molar-refractivity contribution >= 4 is 24.8 Å². The van der Waals surface area contributed by atoms with Gasteiger partial charge in [-0.25, -0.2) is 0 Å². The molecule has 0 aromatic rings. The van der Waals surface area contributed by atoms with Gasteiger partial charge < -0.3 is 0 Å². The summed E-state index contributed by atoms with van der Waals surface area (Å²) < 4.78 is 3.45. The molecule has 74 valence electrons. The normalized spacial score (nSPS) is 16.0. The molecular formula is C10H12Cl2Zr2. The van der Waals surface area contributed by atoms with Crippen molar-refractivity contribution in [2.24, 2.45) is 0 Å². The molecule has 0 radical (unpaired) electrons. The Balaban J connectivity index is 0. The Labute approximate surface area is 129 Å². The smallest absolute Gasteiger partial charge is 0 e. The van der Waals surface area contributed by atoms with E-state index in [4.69, 9.17) is 0 Å². The molecule has 4 heteroatoms. The van der Waals surface area contributed by atoms with Gasteiger partial charge in [0.05, 0.1) is 0 Å². The molecule has 0 spiro atoms. The molecule has 0 bridgehead atoms. The molecule has 0 aliphatic heterocycles. The van der Waals surface area contributed by atoms with Gasteiger partial charge in [-0.15, -0.1) is 24.8 Å². The van der Waals surface area contributed by atoms with Crippen LogP contribution in [-0.4, -0.2) is 0 Å². The van der Waals surface area contributed by atoms with E-state index in [1.54, 1.807) is 6.56 Å². The quantitative estimate of drug-likeness (QED) is 0.681. The van der Waals surface area contributed by atoms with Crippen molar-refractivity contribution in [3.05, 3.63) is 43.0 Å². The Morgan fingerprint density at radius 1 is 0.857 bits per heavy atom. The van der Waals surface area contributed by atoms with E-state index in [-0.39, 0.29) is 74.3 Å². The molecule has 0 aromatic heterocycles. The average Bonchev–Trinajstić information content (AvgIpc) is 2.60. The monoisotopic (exact) mass is 382 g/mol. The van der Waals surface area contributed by atoms with Crippen LogP contribution in [0.3, 0.4) is 0 Å². The summed E-state index contributed by atoms with van der Waals surface area (Å²) in [5, 5.41) is 0. The first kappa shape index (κ1) is 17.7. The van der Waals surface area contributed by atoms with Gasteiger partial charge in [0, 0.05) is 26.2 Å². The molecule has 0 nitrogen and oxygen atoms in total. The van der Waals surface area contributed by atoms with Gasteiger partial charge in [-0.2, -0.15) is 0 Å². The Hall–Kier alpha value is 1.31. The average molecular weight is 386 g/mol. The van der Waals surface area contributed by atoms with Gasteiger partial charge in [0.2, 0.25) is 0 Å². The zero-order valence-corrected chi connectivity index (χ0v) is 14.2. The third kappa shape index (κ3) is 5.41. The molecule has 0 aromatic carbocycles. The summed E-state index contributed by atoms with van der Waals surface area (Å²) in [5.74, 6) is 0. The van der Waals surface area contributed by atoms with Crippen LogP contribution >= 0.6 is 24.8 Å². The van der Waals surface area contributed by atoms with E-state index in [1.165, 1.54) is 12.8 Å². The van der Waals surface area contributed by atoms with Crippen LogP contribution in [0.2, 0.25) is 0 Å². The number of hydrogen-bond acceptors (Lipinski definition) is 0. The molecule has 14 heavy (non-hydrogen) atoms. The fourth-order valence-electron chi connectivity index (χ4n) is 1.29. The molecule has 0 unspecified atom stereocenters. The maximum absolute atomic E-state index is 2.31. The Kier molecular flexibility index (Phi) is 12.0. The van der Waals surface area contributed by atoms with E-state index in [9.17, 15) is 0 Å². The molecule has 2 aliphatic carbocycles. The first-order valence-corrected chi connectivity index (χ1v) is 6.39. The van der Waals surface area contributed by atoms with Crippen LogP contribution in [-0.2, 0) is 49.4 Å². The summed E-state index contributed by atoms with van der Waals surface area (Å²) in [6, 6.07) is 0. The summed E-state index contributed by atoms with van der Waals surface area (Å²) in [4.78, 5) is 0. The van der Waals surface area contributed by atoms with Crippen LogP contribution in [0.5, 0.6) is 0 Å². The fraction of sp³-hybridized carbons (Fsp3) is 0.200. The van der Waals surface area contributed by atoms with Crippen molar-refractivity contribution in [2.45, 2.75) is 12.8 Å². The van der Waals surface area contributed by atoms with E-state index >= 15 is 0 Å². The number of rotatable bonds is 2. The maximum Gasteiger partial charge on any atom is 0 e. The summed E-state index contributed by atoms with van der Waals surface area (Å²) in [7, 11) is 0. The number of allylic oxidation sites excluding steroid dienone is 8. The van der Waals surface area contributed by atoms with Crippen molar-refractivity contribution in [3.8, 4) is 0 Å². The van der Waals surface area contributed by atoms with Crippen LogP contribution in [0.25, 0.3) is 0 Å². The zero-order chi connectivity index (χ0) is 7.52. The predicted molar refractivity (Wildman–Crippen MR) is 58.2 cm³/mol. The summed E-state index contributed by atoms with van der Waals surface area (Å²) >= 11 is -0.312. The van der Waals surface area contributed by atoms with Gasteiger partial charge in [-0.1, -0.05) is 0 Å². The van der Waals surface area contributed by atoms with E-state index < -0.39 is 0 Å². The van der Waals surface area contributed by atoms with Crippen molar-refractivity contribution in [1.82, 2.24) is 0 Å². The third-order valence-electron chi connectivity index (χ3n) is 1.86. The molecule has 0 amide bonds. The van der Waals surface area contributed by atoms with E-state index in [0.717, 1.165) is 0 Å². The standard InChI is InChI=1S/2C5H5.2ClH.2Zr/c2*1-2-4-5-3-1;;;;/h2*1-3H,4H2;2*1H;;. The minimum atomic E-state index is -0.312. The molecule has 2 rings (SSSR count). The number of halogens is 2. The van der Waals surface area contributed by atoms with Gasteiger partial charge in [0.1, 0.15) is 0 Å². The van der Waals surface area contributed by atoms with Gasteiger partial charge in [0.15, 0.2) is 0 Å². The summed E-state index contributed by atoms with van der Waals surface area (Å²) in [6.07, 6.45) is 16.0. The third-order valence-corrected chi connectivity index (χ3v) is 5.27. The summed E-state index contributed by atoms with van der Waals surface area (Å²) in [6.45, 7) is 0. The topological polar surface area (TPSA) is 0 Å². The van der Waals surface area contributed by atoms with Gasteiger partial charge in [-0.05, 0) is 0 Å². The van der Waals surface area contributed by atoms with Crippen LogP contribution < -0.4 is 0 Å². The van der Waals surface area contributed by atoms with Crippen molar-refractivity contribution in [1.29, 1.82) is 0 Å². The second-order valence-corrected chi connectivity index (χ2v) is 6.55. The van der Waals surface area contributed by atoms with Crippen molar-refractivity contribution in [2.75, 3.05) is 0 Å². The minimum absolute atomic E-state index is 0. The van der Waals surface area contributed by atoms with Crippen LogP contribution in [0, 0.1) is 0 Å². The first-order chi connectivity index (χ1) is 5.45. The fourth-order valence-corrected chi connectivity index (χ4v) is 4.26. The largest absolute Gasteiger partial charge is 0.147 e. The molecule has 0 N–H and O–H groups in total. The van der Waals surface area contributed by atoms with E-state index in [2.05, 4.69) is 36.5 Å². The molecule has 0 atom stereocenters. The van der Waals surface area contributed by atoms with Crippen molar-refractivity contribution < 1.29 is 49.4 Å².